The van der Waals surface area contributed by atoms with Crippen LogP contribution in [0.4, 0.5) is 5.69 Å². The van der Waals surface area contributed by atoms with E-state index in [0.717, 1.165) is 17.7 Å². The first-order valence-corrected chi connectivity index (χ1v) is 5.56. The number of amides is 1. The Bertz CT molecular complexity index is 520. The minimum absolute atomic E-state index is 0.399. The first kappa shape index (κ1) is 14.5. The fraction of sp³-hybridized carbons (Fsp3) is 0.143. The molecule has 19 heavy (non-hydrogen) atoms. The fourth-order valence-electron chi connectivity index (χ4n) is 1.20. The number of nitrogens with one attached hydrogen (secondary N) is 1. The SMILES string of the molecule is C=C(C)COc1cccc(NC(=O)/C=C/C(=O)O)c1. The van der Waals surface area contributed by atoms with Gasteiger partial charge < -0.3 is 15.2 Å². The second-order valence-electron chi connectivity index (χ2n) is 3.93. The maximum atomic E-state index is 11.4. The molecule has 100 valence electrons. The molecule has 5 heteroatoms. The average molecular weight is 261 g/mol. The second kappa shape index (κ2) is 7.00. The summed E-state index contributed by atoms with van der Waals surface area (Å²) < 4.78 is 5.42. The van der Waals surface area contributed by atoms with Crippen LogP contribution in [-0.2, 0) is 9.59 Å². The Morgan fingerprint density at radius 3 is 2.79 bits per heavy atom. The standard InChI is InChI=1S/C14H15NO4/c1-10(2)9-19-12-5-3-4-11(8-12)15-13(16)6-7-14(17)18/h3-8H,1,9H2,2H3,(H,15,16)(H,17,18)/b7-6+. The monoisotopic (exact) mass is 261 g/mol. The maximum Gasteiger partial charge on any atom is 0.328 e. The number of rotatable bonds is 6. The zero-order chi connectivity index (χ0) is 14.3. The summed E-state index contributed by atoms with van der Waals surface area (Å²) in [4.78, 5) is 21.6. The molecule has 0 saturated carbocycles. The molecule has 0 radical (unpaired) electrons. The van der Waals surface area contributed by atoms with Crippen molar-refractivity contribution in [3.05, 3.63) is 48.6 Å². The number of aliphatic carboxylic acids is 1. The lowest BCUT2D eigenvalue weighted by atomic mass is 10.3. The van der Waals surface area contributed by atoms with Gasteiger partial charge >= 0.3 is 5.97 Å². The lowest BCUT2D eigenvalue weighted by molar-refractivity contribution is -0.131. The van der Waals surface area contributed by atoms with Crippen LogP contribution in [0.3, 0.4) is 0 Å². The maximum absolute atomic E-state index is 11.4. The highest BCUT2D eigenvalue weighted by atomic mass is 16.5. The first-order valence-electron chi connectivity index (χ1n) is 5.56. The molecule has 1 aromatic carbocycles. The molecule has 0 spiro atoms. The molecule has 0 atom stereocenters. The van der Waals surface area contributed by atoms with E-state index in [9.17, 15) is 9.59 Å². The van der Waals surface area contributed by atoms with Gasteiger partial charge in [-0.05, 0) is 24.6 Å². The van der Waals surface area contributed by atoms with Gasteiger partial charge in [-0.1, -0.05) is 12.6 Å². The van der Waals surface area contributed by atoms with Crippen LogP contribution in [0.15, 0.2) is 48.6 Å². The van der Waals surface area contributed by atoms with Gasteiger partial charge in [0.1, 0.15) is 12.4 Å². The van der Waals surface area contributed by atoms with Gasteiger partial charge in [-0.3, -0.25) is 4.79 Å². The third-order valence-electron chi connectivity index (χ3n) is 1.96. The number of carbonyl (C=O) groups is 2. The topological polar surface area (TPSA) is 75.6 Å². The molecule has 0 aliphatic carbocycles. The number of benzene rings is 1. The van der Waals surface area contributed by atoms with Gasteiger partial charge in [-0.2, -0.15) is 0 Å². The Hall–Kier alpha value is -2.56. The van der Waals surface area contributed by atoms with Crippen LogP contribution in [-0.4, -0.2) is 23.6 Å². The molecule has 5 nitrogen and oxygen atoms in total. The number of hydrogen-bond donors (Lipinski definition) is 2. The van der Waals surface area contributed by atoms with Crippen LogP contribution in [0.5, 0.6) is 5.75 Å². The number of carboxylic acid groups (broad SMARTS) is 1. The summed E-state index contributed by atoms with van der Waals surface area (Å²) in [6, 6.07) is 6.81. The molecule has 0 aromatic heterocycles. The second-order valence-corrected chi connectivity index (χ2v) is 3.93. The number of hydrogen-bond acceptors (Lipinski definition) is 3. The largest absolute Gasteiger partial charge is 0.489 e. The van der Waals surface area contributed by atoms with E-state index in [2.05, 4.69) is 11.9 Å². The molecule has 0 bridgehead atoms. The summed E-state index contributed by atoms with van der Waals surface area (Å²) in [5.74, 6) is -1.09. The third-order valence-corrected chi connectivity index (χ3v) is 1.96. The minimum Gasteiger partial charge on any atom is -0.489 e. The third kappa shape index (κ3) is 6.07. The van der Waals surface area contributed by atoms with Gasteiger partial charge in [-0.15, -0.1) is 0 Å². The highest BCUT2D eigenvalue weighted by Crippen LogP contribution is 2.17. The van der Waals surface area contributed by atoms with Crippen molar-refractivity contribution in [2.75, 3.05) is 11.9 Å². The zero-order valence-electron chi connectivity index (χ0n) is 10.6. The summed E-state index contributed by atoms with van der Waals surface area (Å²) >= 11 is 0. The summed E-state index contributed by atoms with van der Waals surface area (Å²) in [6.07, 6.45) is 1.72. The Morgan fingerprint density at radius 1 is 1.42 bits per heavy atom. The van der Waals surface area contributed by atoms with Crippen molar-refractivity contribution in [1.29, 1.82) is 0 Å². The smallest absolute Gasteiger partial charge is 0.328 e. The van der Waals surface area contributed by atoms with Gasteiger partial charge in [0.05, 0.1) is 0 Å². The summed E-state index contributed by atoms with van der Waals surface area (Å²) in [5, 5.41) is 10.9. The average Bonchev–Trinajstić information content (AvgIpc) is 2.34. The van der Waals surface area contributed by atoms with Gasteiger partial charge in [0.15, 0.2) is 0 Å². The van der Waals surface area contributed by atoms with Crippen molar-refractivity contribution in [2.45, 2.75) is 6.92 Å². The molecular weight excluding hydrogens is 246 g/mol. The van der Waals surface area contributed by atoms with E-state index in [-0.39, 0.29) is 0 Å². The Labute approximate surface area is 111 Å². The number of ether oxygens (including phenoxy) is 1. The summed E-state index contributed by atoms with van der Waals surface area (Å²) in [6.45, 7) is 5.97. The predicted molar refractivity (Wildman–Crippen MR) is 72.2 cm³/mol. The molecule has 1 aromatic rings. The predicted octanol–water partition coefficient (Wildman–Crippen LogP) is 2.22. The normalized spacial score (nSPS) is 10.2. The van der Waals surface area contributed by atoms with Crippen LogP contribution < -0.4 is 10.1 Å². The molecular formula is C14H15NO4. The molecule has 0 saturated heterocycles. The van der Waals surface area contributed by atoms with Crippen molar-refractivity contribution in [2.24, 2.45) is 0 Å². The molecule has 0 heterocycles. The Morgan fingerprint density at radius 2 is 2.16 bits per heavy atom. The molecule has 2 N–H and O–H groups in total. The Kier molecular flexibility index (Phi) is 5.35. The van der Waals surface area contributed by atoms with Crippen molar-refractivity contribution < 1.29 is 19.4 Å². The highest BCUT2D eigenvalue weighted by Gasteiger charge is 2.01. The van der Waals surface area contributed by atoms with Crippen LogP contribution in [0.25, 0.3) is 0 Å². The Balaban J connectivity index is 2.63. The zero-order valence-corrected chi connectivity index (χ0v) is 10.6. The molecule has 1 amide bonds. The van der Waals surface area contributed by atoms with E-state index in [0.29, 0.717) is 18.0 Å². The van der Waals surface area contributed by atoms with Gasteiger partial charge in [0, 0.05) is 23.9 Å². The van der Waals surface area contributed by atoms with Crippen molar-refractivity contribution in [3.63, 3.8) is 0 Å². The number of carbonyl (C=O) groups excluding carboxylic acids is 1. The van der Waals surface area contributed by atoms with Crippen molar-refractivity contribution in [1.82, 2.24) is 0 Å². The first-order chi connectivity index (χ1) is 8.97. The highest BCUT2D eigenvalue weighted by molar-refractivity contribution is 6.02. The van der Waals surface area contributed by atoms with Crippen LogP contribution >= 0.6 is 0 Å². The number of carboxylic acids is 1. The van der Waals surface area contributed by atoms with Crippen LogP contribution in [0, 0.1) is 0 Å². The molecule has 0 aliphatic rings. The van der Waals surface area contributed by atoms with Gasteiger partial charge in [-0.25, -0.2) is 4.79 Å². The number of anilines is 1. The van der Waals surface area contributed by atoms with E-state index in [1.54, 1.807) is 24.3 Å². The van der Waals surface area contributed by atoms with Crippen molar-refractivity contribution >= 4 is 17.6 Å². The lowest BCUT2D eigenvalue weighted by Gasteiger charge is -2.08. The quantitative estimate of drug-likeness (QED) is 0.608. The summed E-state index contributed by atoms with van der Waals surface area (Å²) in [7, 11) is 0. The van der Waals surface area contributed by atoms with E-state index < -0.39 is 11.9 Å². The van der Waals surface area contributed by atoms with E-state index >= 15 is 0 Å². The fourth-order valence-corrected chi connectivity index (χ4v) is 1.20. The van der Waals surface area contributed by atoms with Crippen LogP contribution in [0.1, 0.15) is 6.92 Å². The molecule has 0 aliphatic heterocycles. The summed E-state index contributed by atoms with van der Waals surface area (Å²) in [5.41, 5.74) is 1.41. The van der Waals surface area contributed by atoms with Gasteiger partial charge in [0.2, 0.25) is 5.91 Å². The minimum atomic E-state index is -1.17. The van der Waals surface area contributed by atoms with E-state index in [1.165, 1.54) is 0 Å². The van der Waals surface area contributed by atoms with Gasteiger partial charge in [0.25, 0.3) is 0 Å². The van der Waals surface area contributed by atoms with Crippen molar-refractivity contribution in [3.8, 4) is 5.75 Å². The molecule has 1 rings (SSSR count). The molecule has 0 fully saturated rings. The lowest BCUT2D eigenvalue weighted by Crippen LogP contribution is -2.08. The van der Waals surface area contributed by atoms with E-state index in [1.807, 2.05) is 6.92 Å². The van der Waals surface area contributed by atoms with Crippen LogP contribution in [0.2, 0.25) is 0 Å². The molecule has 0 unspecified atom stereocenters. The van der Waals surface area contributed by atoms with E-state index in [4.69, 9.17) is 9.84 Å².